The van der Waals surface area contributed by atoms with Gasteiger partial charge < -0.3 is 15.1 Å². The number of allylic oxidation sites excluding steroid dienone is 2. The summed E-state index contributed by atoms with van der Waals surface area (Å²) in [5.74, 6) is 1.23. The number of piperidine rings is 1. The molecular weight excluding hydrogens is 394 g/mol. The van der Waals surface area contributed by atoms with Crippen LogP contribution < -0.4 is 0 Å². The Bertz CT molecular complexity index is 779. The molecule has 0 bridgehead atoms. The van der Waals surface area contributed by atoms with Gasteiger partial charge in [0.05, 0.1) is 12.2 Å². The number of aryl methyl sites for hydroxylation is 1. The number of unbranched alkanes of at least 4 members (excludes halogenated alkanes) is 2. The van der Waals surface area contributed by atoms with Crippen LogP contribution in [0, 0.1) is 24.7 Å². The molecule has 3 aliphatic rings. The summed E-state index contributed by atoms with van der Waals surface area (Å²) in [5, 5.41) is 21.1. The molecule has 2 aliphatic carbocycles. The summed E-state index contributed by atoms with van der Waals surface area (Å²) in [7, 11) is 0. The summed E-state index contributed by atoms with van der Waals surface area (Å²) in [6.45, 7) is 5.99. The Labute approximate surface area is 195 Å². The van der Waals surface area contributed by atoms with Gasteiger partial charge in [0, 0.05) is 12.3 Å². The van der Waals surface area contributed by atoms with Gasteiger partial charge in [-0.1, -0.05) is 66.5 Å². The lowest BCUT2D eigenvalue weighted by molar-refractivity contribution is 0.140. The molecule has 32 heavy (non-hydrogen) atoms. The van der Waals surface area contributed by atoms with Crippen molar-refractivity contribution in [2.24, 2.45) is 17.8 Å². The number of aliphatic hydroxyl groups excluding tert-OH is 2. The maximum absolute atomic E-state index is 10.6. The molecule has 0 amide bonds. The van der Waals surface area contributed by atoms with Gasteiger partial charge >= 0.3 is 0 Å². The largest absolute Gasteiger partial charge is 0.392 e. The van der Waals surface area contributed by atoms with Crippen LogP contribution in [0.25, 0.3) is 0 Å². The Kier molecular flexibility index (Phi) is 8.62. The van der Waals surface area contributed by atoms with Gasteiger partial charge in [-0.15, -0.1) is 0 Å². The number of likely N-dealkylation sites (tertiary alicyclic amines) is 1. The summed E-state index contributed by atoms with van der Waals surface area (Å²) in [4.78, 5) is 2.65. The highest BCUT2D eigenvalue weighted by Crippen LogP contribution is 2.48. The van der Waals surface area contributed by atoms with Crippen LogP contribution in [-0.2, 0) is 6.42 Å². The van der Waals surface area contributed by atoms with Crippen molar-refractivity contribution in [1.29, 1.82) is 0 Å². The van der Waals surface area contributed by atoms with E-state index in [1.807, 2.05) is 12.1 Å². The Morgan fingerprint density at radius 1 is 1.12 bits per heavy atom. The minimum absolute atomic E-state index is 0.181. The number of rotatable bonds is 10. The van der Waals surface area contributed by atoms with Crippen LogP contribution >= 0.6 is 0 Å². The molecule has 176 valence electrons. The van der Waals surface area contributed by atoms with Crippen LogP contribution in [0.1, 0.15) is 68.9 Å². The number of aliphatic hydroxyl groups is 2. The molecule has 0 unspecified atom stereocenters. The molecule has 2 fully saturated rings. The van der Waals surface area contributed by atoms with Gasteiger partial charge in [0.1, 0.15) is 0 Å². The third-order valence-corrected chi connectivity index (χ3v) is 7.95. The topological polar surface area (TPSA) is 43.7 Å². The monoisotopic (exact) mass is 437 g/mol. The van der Waals surface area contributed by atoms with Crippen LogP contribution in [-0.4, -0.2) is 47.0 Å². The third kappa shape index (κ3) is 6.56. The molecule has 3 heteroatoms. The molecule has 1 aromatic rings. The maximum Gasteiger partial charge on any atom is 0.0761 e. The predicted molar refractivity (Wildman–Crippen MR) is 133 cm³/mol. The van der Waals surface area contributed by atoms with Crippen LogP contribution in [0.15, 0.2) is 48.1 Å². The van der Waals surface area contributed by atoms with E-state index < -0.39 is 6.10 Å². The van der Waals surface area contributed by atoms with Gasteiger partial charge in [-0.2, -0.15) is 0 Å². The fourth-order valence-electron chi connectivity index (χ4n) is 6.24. The maximum atomic E-state index is 10.6. The molecule has 0 radical (unpaired) electrons. The van der Waals surface area contributed by atoms with Crippen molar-refractivity contribution in [2.75, 3.05) is 19.6 Å². The molecule has 2 N–H and O–H groups in total. The van der Waals surface area contributed by atoms with Crippen molar-refractivity contribution in [3.63, 3.8) is 0 Å². The first-order valence-corrected chi connectivity index (χ1v) is 13.1. The van der Waals surface area contributed by atoms with Gasteiger partial charge in [0.15, 0.2) is 0 Å². The number of hydrogen-bond acceptors (Lipinski definition) is 3. The minimum Gasteiger partial charge on any atom is -0.392 e. The van der Waals surface area contributed by atoms with E-state index in [9.17, 15) is 10.2 Å². The van der Waals surface area contributed by atoms with E-state index >= 15 is 0 Å². The lowest BCUT2D eigenvalue weighted by Gasteiger charge is -2.26. The Morgan fingerprint density at radius 2 is 1.97 bits per heavy atom. The summed E-state index contributed by atoms with van der Waals surface area (Å²) >= 11 is 0. The predicted octanol–water partition coefficient (Wildman–Crippen LogP) is 5.44. The summed E-state index contributed by atoms with van der Waals surface area (Å²) in [6, 6.07) is 8.34. The standard InChI is InChI=1S/C29H43NO2/c1-22-9-8-11-23(17-22)19-26(31)12-13-27-28-20-24(18-25(28)21-29(27)32)10-4-2-5-14-30-15-6-3-7-16-30/h8-9,11-13,17-18,25-29,31-32H,2-7,10,14-16,19-21H2,1H3/b13-12+/t25-,26+,27+,28-,29+/m0/s1. The quantitative estimate of drug-likeness (QED) is 0.378. The second-order valence-corrected chi connectivity index (χ2v) is 10.6. The first-order valence-electron chi connectivity index (χ1n) is 13.1. The second-order valence-electron chi connectivity index (χ2n) is 10.6. The zero-order valence-electron chi connectivity index (χ0n) is 20.0. The van der Waals surface area contributed by atoms with E-state index in [-0.39, 0.29) is 12.0 Å². The lowest BCUT2D eigenvalue weighted by Crippen LogP contribution is -2.30. The van der Waals surface area contributed by atoms with Crippen molar-refractivity contribution < 1.29 is 10.2 Å². The van der Waals surface area contributed by atoms with E-state index in [2.05, 4.69) is 42.2 Å². The van der Waals surface area contributed by atoms with Gasteiger partial charge in [-0.25, -0.2) is 0 Å². The highest BCUT2D eigenvalue weighted by Gasteiger charge is 2.43. The summed E-state index contributed by atoms with van der Waals surface area (Å²) in [5.41, 5.74) is 4.00. The normalized spacial score (nSPS) is 29.4. The molecule has 1 saturated carbocycles. The number of fused-ring (bicyclic) bond motifs is 1. The molecule has 5 atom stereocenters. The first kappa shape index (κ1) is 23.7. The fraction of sp³-hybridized carbons (Fsp3) is 0.655. The Morgan fingerprint density at radius 3 is 2.78 bits per heavy atom. The average molecular weight is 438 g/mol. The average Bonchev–Trinajstić information content (AvgIpc) is 3.29. The van der Waals surface area contributed by atoms with Crippen LogP contribution in [0.3, 0.4) is 0 Å². The minimum atomic E-state index is -0.489. The molecule has 1 aliphatic heterocycles. The molecule has 0 spiro atoms. The van der Waals surface area contributed by atoms with Crippen molar-refractivity contribution in [1.82, 2.24) is 4.90 Å². The summed E-state index contributed by atoms with van der Waals surface area (Å²) < 4.78 is 0. The van der Waals surface area contributed by atoms with E-state index in [1.54, 1.807) is 5.57 Å². The molecule has 3 nitrogen and oxygen atoms in total. The number of nitrogens with zero attached hydrogens (tertiary/aromatic N) is 1. The molecule has 1 heterocycles. The number of hydrogen-bond donors (Lipinski definition) is 2. The molecule has 0 aromatic heterocycles. The van der Waals surface area contributed by atoms with E-state index in [1.165, 1.54) is 70.1 Å². The van der Waals surface area contributed by atoms with E-state index in [0.29, 0.717) is 18.3 Å². The van der Waals surface area contributed by atoms with E-state index in [0.717, 1.165) is 18.4 Å². The van der Waals surface area contributed by atoms with Crippen molar-refractivity contribution in [3.8, 4) is 0 Å². The van der Waals surface area contributed by atoms with Gasteiger partial charge in [-0.05, 0) is 88.9 Å². The Hall–Kier alpha value is -1.42. The molecule has 4 rings (SSSR count). The highest BCUT2D eigenvalue weighted by molar-refractivity contribution is 5.24. The van der Waals surface area contributed by atoms with Gasteiger partial charge in [0.25, 0.3) is 0 Å². The first-order chi connectivity index (χ1) is 15.6. The Balaban J connectivity index is 1.19. The van der Waals surface area contributed by atoms with Crippen LogP contribution in [0.4, 0.5) is 0 Å². The molecule has 1 aromatic carbocycles. The zero-order valence-corrected chi connectivity index (χ0v) is 20.0. The van der Waals surface area contributed by atoms with Gasteiger partial charge in [0.2, 0.25) is 0 Å². The summed E-state index contributed by atoms with van der Waals surface area (Å²) in [6.07, 6.45) is 17.8. The van der Waals surface area contributed by atoms with Crippen molar-refractivity contribution in [2.45, 2.75) is 83.3 Å². The van der Waals surface area contributed by atoms with Crippen LogP contribution in [0.5, 0.6) is 0 Å². The molecule has 1 saturated heterocycles. The third-order valence-electron chi connectivity index (χ3n) is 7.95. The van der Waals surface area contributed by atoms with Crippen molar-refractivity contribution in [3.05, 3.63) is 59.2 Å². The SMILES string of the molecule is Cc1cccc(C[C@H](O)/C=C/[C@@H]2[C@H]3CC(CCCCCN4CCCCC4)=C[C@H]3C[C@H]2O)c1. The fourth-order valence-corrected chi connectivity index (χ4v) is 6.24. The van der Waals surface area contributed by atoms with Gasteiger partial charge in [-0.3, -0.25) is 0 Å². The van der Waals surface area contributed by atoms with E-state index in [4.69, 9.17) is 0 Å². The van der Waals surface area contributed by atoms with Crippen molar-refractivity contribution >= 4 is 0 Å². The van der Waals surface area contributed by atoms with Crippen LogP contribution in [0.2, 0.25) is 0 Å². The lowest BCUT2D eigenvalue weighted by atomic mass is 9.88. The molecular formula is C29H43NO2. The highest BCUT2D eigenvalue weighted by atomic mass is 16.3. The zero-order chi connectivity index (χ0) is 22.3. The second kappa shape index (κ2) is 11.6. The smallest absolute Gasteiger partial charge is 0.0761 e. The number of benzene rings is 1.